The Morgan fingerprint density at radius 1 is 1.62 bits per heavy atom. The molecule has 1 aromatic rings. The van der Waals surface area contributed by atoms with Crippen molar-refractivity contribution >= 4 is 18.6 Å². The van der Waals surface area contributed by atoms with Crippen LogP contribution in [0.25, 0.3) is 0 Å². The number of carbonyl (C=O) groups is 1. The summed E-state index contributed by atoms with van der Waals surface area (Å²) in [5, 5.41) is 8.52. The molecule has 1 aromatic carbocycles. The lowest BCUT2D eigenvalue weighted by Gasteiger charge is -2.06. The van der Waals surface area contributed by atoms with Crippen molar-refractivity contribution in [2.75, 3.05) is 0 Å². The molecule has 0 radical (unpaired) electrons. The molecule has 0 amide bonds. The number of rotatable bonds is 2. The highest BCUT2D eigenvalue weighted by Gasteiger charge is 2.11. The molecule has 0 aliphatic rings. The molecule has 70 valence electrons. The van der Waals surface area contributed by atoms with Gasteiger partial charge in [-0.2, -0.15) is 0 Å². The second kappa shape index (κ2) is 3.79. The summed E-state index contributed by atoms with van der Waals surface area (Å²) in [6, 6.07) is 2.74. The summed E-state index contributed by atoms with van der Waals surface area (Å²) >= 11 is 4.08. The normalized spacial score (nSPS) is 10.1. The summed E-state index contributed by atoms with van der Waals surface area (Å²) in [6.07, 6.45) is -0.300. The highest BCUT2D eigenvalue weighted by atomic mass is 32.1. The van der Waals surface area contributed by atoms with Crippen molar-refractivity contribution in [3.8, 4) is 0 Å². The van der Waals surface area contributed by atoms with Gasteiger partial charge in [-0.1, -0.05) is 0 Å². The molecule has 0 aromatic heterocycles. The number of aliphatic carboxylic acids is 1. The Hall–Kier alpha value is -1.03. The van der Waals surface area contributed by atoms with Crippen LogP contribution in [0, 0.1) is 12.7 Å². The van der Waals surface area contributed by atoms with Gasteiger partial charge in [-0.15, -0.1) is 12.6 Å². The molecule has 1 rings (SSSR count). The lowest BCUT2D eigenvalue weighted by Crippen LogP contribution is -2.05. The van der Waals surface area contributed by atoms with Gasteiger partial charge in [-0.25, -0.2) is 4.39 Å². The minimum atomic E-state index is -1.04. The number of thiol groups is 1. The standard InChI is InChI=1S/C9H9FO2S/c1-5-6(4-9(11)12)7(10)2-3-8(5)13/h2-3,13H,4H2,1H3,(H,11,12). The maximum Gasteiger partial charge on any atom is 0.307 e. The molecule has 0 aliphatic heterocycles. The van der Waals surface area contributed by atoms with Crippen LogP contribution < -0.4 is 0 Å². The first-order valence-electron chi connectivity index (χ1n) is 3.71. The van der Waals surface area contributed by atoms with Gasteiger partial charge >= 0.3 is 5.97 Å². The number of halogens is 1. The summed E-state index contributed by atoms with van der Waals surface area (Å²) < 4.78 is 13.1. The molecule has 4 heteroatoms. The lowest BCUT2D eigenvalue weighted by molar-refractivity contribution is -0.136. The Balaban J connectivity index is 3.17. The van der Waals surface area contributed by atoms with Crippen LogP contribution in [0.1, 0.15) is 11.1 Å². The van der Waals surface area contributed by atoms with Crippen LogP contribution in [0.2, 0.25) is 0 Å². The molecular formula is C9H9FO2S. The number of carboxylic acid groups (broad SMARTS) is 1. The SMILES string of the molecule is Cc1c(S)ccc(F)c1CC(=O)O. The first kappa shape index (κ1) is 10.1. The molecule has 0 saturated heterocycles. The van der Waals surface area contributed by atoms with Gasteiger partial charge < -0.3 is 5.11 Å². The van der Waals surface area contributed by atoms with E-state index in [-0.39, 0.29) is 12.0 Å². The Labute approximate surface area is 80.8 Å². The van der Waals surface area contributed by atoms with Crippen LogP contribution >= 0.6 is 12.6 Å². The van der Waals surface area contributed by atoms with Crippen molar-refractivity contribution in [3.63, 3.8) is 0 Å². The Morgan fingerprint density at radius 3 is 2.77 bits per heavy atom. The zero-order valence-electron chi connectivity index (χ0n) is 7.04. The average Bonchev–Trinajstić information content (AvgIpc) is 2.05. The zero-order chi connectivity index (χ0) is 10.0. The summed E-state index contributed by atoms with van der Waals surface area (Å²) in [4.78, 5) is 11.0. The molecule has 0 aliphatic carbocycles. The van der Waals surface area contributed by atoms with Crippen LogP contribution in [0.4, 0.5) is 4.39 Å². The molecule has 1 N–H and O–H groups in total. The van der Waals surface area contributed by atoms with Gasteiger partial charge in [-0.05, 0) is 24.6 Å². The fourth-order valence-corrected chi connectivity index (χ4v) is 1.29. The molecule has 0 heterocycles. The van der Waals surface area contributed by atoms with Crippen LogP contribution in [-0.2, 0) is 11.2 Å². The van der Waals surface area contributed by atoms with E-state index in [1.165, 1.54) is 12.1 Å². The van der Waals surface area contributed by atoms with Crippen molar-refractivity contribution in [1.82, 2.24) is 0 Å². The fraction of sp³-hybridized carbons (Fsp3) is 0.222. The van der Waals surface area contributed by atoms with E-state index in [0.717, 1.165) is 0 Å². The minimum absolute atomic E-state index is 0.208. The number of carboxylic acids is 1. The molecule has 2 nitrogen and oxygen atoms in total. The fourth-order valence-electron chi connectivity index (χ4n) is 1.08. The van der Waals surface area contributed by atoms with Crippen molar-refractivity contribution in [3.05, 3.63) is 29.1 Å². The third-order valence-electron chi connectivity index (χ3n) is 1.84. The molecule has 0 fully saturated rings. The molecule has 0 bridgehead atoms. The van der Waals surface area contributed by atoms with Gasteiger partial charge in [-0.3, -0.25) is 4.79 Å². The molecular weight excluding hydrogens is 191 g/mol. The van der Waals surface area contributed by atoms with Crippen molar-refractivity contribution in [1.29, 1.82) is 0 Å². The second-order valence-electron chi connectivity index (χ2n) is 2.74. The van der Waals surface area contributed by atoms with Gasteiger partial charge in [0.2, 0.25) is 0 Å². The van der Waals surface area contributed by atoms with Crippen LogP contribution in [-0.4, -0.2) is 11.1 Å². The quantitative estimate of drug-likeness (QED) is 0.717. The van der Waals surface area contributed by atoms with Gasteiger partial charge in [0.05, 0.1) is 6.42 Å². The van der Waals surface area contributed by atoms with Crippen molar-refractivity contribution in [2.24, 2.45) is 0 Å². The maximum absolute atomic E-state index is 13.1. The molecule has 0 unspecified atom stereocenters. The molecule has 0 spiro atoms. The zero-order valence-corrected chi connectivity index (χ0v) is 7.94. The van der Waals surface area contributed by atoms with Crippen molar-refractivity contribution in [2.45, 2.75) is 18.2 Å². The van der Waals surface area contributed by atoms with E-state index in [1.54, 1.807) is 6.92 Å². The summed E-state index contributed by atoms with van der Waals surface area (Å²) in [5.74, 6) is -1.53. The number of hydrogen-bond acceptors (Lipinski definition) is 2. The van der Waals surface area contributed by atoms with Crippen LogP contribution in [0.5, 0.6) is 0 Å². The third-order valence-corrected chi connectivity index (χ3v) is 2.33. The number of benzene rings is 1. The summed E-state index contributed by atoms with van der Waals surface area (Å²) in [7, 11) is 0. The van der Waals surface area contributed by atoms with Crippen LogP contribution in [0.3, 0.4) is 0 Å². The van der Waals surface area contributed by atoms with Crippen LogP contribution in [0.15, 0.2) is 17.0 Å². The van der Waals surface area contributed by atoms with Gasteiger partial charge in [0, 0.05) is 10.5 Å². The predicted octanol–water partition coefficient (Wildman–Crippen LogP) is 2.05. The lowest BCUT2D eigenvalue weighted by atomic mass is 10.1. The highest BCUT2D eigenvalue weighted by Crippen LogP contribution is 2.20. The molecule has 0 atom stereocenters. The van der Waals surface area contributed by atoms with Gasteiger partial charge in [0.1, 0.15) is 5.82 Å². The third kappa shape index (κ3) is 2.21. The first-order valence-corrected chi connectivity index (χ1v) is 4.16. The Kier molecular flexibility index (Phi) is 2.93. The largest absolute Gasteiger partial charge is 0.481 e. The van der Waals surface area contributed by atoms with Gasteiger partial charge in [0.15, 0.2) is 0 Å². The number of hydrogen-bond donors (Lipinski definition) is 2. The smallest absolute Gasteiger partial charge is 0.307 e. The average molecular weight is 200 g/mol. The Bertz CT molecular complexity index is 350. The summed E-state index contributed by atoms with van der Waals surface area (Å²) in [5.41, 5.74) is 0.797. The Morgan fingerprint density at radius 2 is 2.23 bits per heavy atom. The van der Waals surface area contributed by atoms with E-state index in [2.05, 4.69) is 12.6 Å². The predicted molar refractivity (Wildman–Crippen MR) is 49.7 cm³/mol. The van der Waals surface area contributed by atoms with E-state index in [9.17, 15) is 9.18 Å². The minimum Gasteiger partial charge on any atom is -0.481 e. The topological polar surface area (TPSA) is 37.3 Å². The maximum atomic E-state index is 13.1. The van der Waals surface area contributed by atoms with Crippen molar-refractivity contribution < 1.29 is 14.3 Å². The van der Waals surface area contributed by atoms with E-state index in [1.807, 2.05) is 0 Å². The molecule has 13 heavy (non-hydrogen) atoms. The summed E-state index contributed by atoms with van der Waals surface area (Å²) in [6.45, 7) is 1.66. The van der Waals surface area contributed by atoms with E-state index >= 15 is 0 Å². The van der Waals surface area contributed by atoms with E-state index < -0.39 is 11.8 Å². The monoisotopic (exact) mass is 200 g/mol. The van der Waals surface area contributed by atoms with E-state index in [0.29, 0.717) is 10.5 Å². The van der Waals surface area contributed by atoms with E-state index in [4.69, 9.17) is 5.11 Å². The highest BCUT2D eigenvalue weighted by molar-refractivity contribution is 7.80. The first-order chi connectivity index (χ1) is 6.02. The second-order valence-corrected chi connectivity index (χ2v) is 3.22. The van der Waals surface area contributed by atoms with Gasteiger partial charge in [0.25, 0.3) is 0 Å². The molecule has 0 saturated carbocycles.